The van der Waals surface area contributed by atoms with Crippen LogP contribution in [0.5, 0.6) is 0 Å². The Balaban J connectivity index is 4.28. The van der Waals surface area contributed by atoms with Gasteiger partial charge in [0.2, 0.25) is 5.91 Å². The van der Waals surface area contributed by atoms with E-state index >= 15 is 0 Å². The Bertz CT molecular complexity index is 1110. The Kier molecular flexibility index (Phi) is 44.0. The lowest BCUT2D eigenvalue weighted by Gasteiger charge is -2.30. The highest BCUT2D eigenvalue weighted by Crippen LogP contribution is 2.38. The van der Waals surface area contributed by atoms with Crippen molar-refractivity contribution in [1.82, 2.24) is 5.32 Å². The van der Waals surface area contributed by atoms with E-state index < -0.39 is 20.0 Å². The quantitative estimate of drug-likeness (QED) is 0.0273. The summed E-state index contributed by atoms with van der Waals surface area (Å²) in [6.07, 6.45) is 55.8. The van der Waals surface area contributed by atoms with Gasteiger partial charge in [0.1, 0.15) is 13.2 Å². The van der Waals surface area contributed by atoms with E-state index in [0.717, 1.165) is 64.2 Å². The minimum Gasteiger partial charge on any atom is -0.756 e. The van der Waals surface area contributed by atoms with Gasteiger partial charge in [0, 0.05) is 6.42 Å². The van der Waals surface area contributed by atoms with Gasteiger partial charge in [-0.25, -0.2) is 0 Å². The van der Waals surface area contributed by atoms with Crippen molar-refractivity contribution in [2.45, 2.75) is 257 Å². The van der Waals surface area contributed by atoms with Crippen LogP contribution >= 0.6 is 7.82 Å². The minimum atomic E-state index is -4.57. The Morgan fingerprint density at radius 1 is 0.565 bits per heavy atom. The Labute approximate surface area is 385 Å². The number of nitrogens with one attached hydrogen (secondary N) is 1. The van der Waals surface area contributed by atoms with E-state index in [4.69, 9.17) is 9.05 Å². The molecular weight excluding hydrogens is 792 g/mol. The first-order valence-corrected chi connectivity index (χ1v) is 27.8. The first kappa shape index (κ1) is 60.7. The number of likely N-dealkylation sites (N-methyl/N-ethyl adjacent to an activating group) is 1. The van der Waals surface area contributed by atoms with Gasteiger partial charge in [-0.2, -0.15) is 0 Å². The van der Waals surface area contributed by atoms with Crippen LogP contribution in [0, 0.1) is 0 Å². The lowest BCUT2D eigenvalue weighted by molar-refractivity contribution is -0.870. The molecule has 0 radical (unpaired) electrons. The molecule has 3 atom stereocenters. The zero-order valence-corrected chi connectivity index (χ0v) is 42.5. The van der Waals surface area contributed by atoms with Gasteiger partial charge in [-0.1, -0.05) is 224 Å². The van der Waals surface area contributed by atoms with Crippen LogP contribution in [0.3, 0.4) is 0 Å². The molecule has 0 aromatic rings. The molecule has 0 bridgehead atoms. The Hall–Kier alpha value is -1.28. The fourth-order valence-electron chi connectivity index (χ4n) is 7.69. The smallest absolute Gasteiger partial charge is 0.268 e. The number of hydrogen-bond donors (Lipinski definition) is 2. The molecule has 0 aliphatic carbocycles. The van der Waals surface area contributed by atoms with Crippen molar-refractivity contribution in [1.29, 1.82) is 0 Å². The maximum absolute atomic E-state index is 12.9. The number of aliphatic hydroxyl groups is 1. The van der Waals surface area contributed by atoms with Crippen molar-refractivity contribution in [2.24, 2.45) is 0 Å². The number of carbonyl (C=O) groups is 1. The third kappa shape index (κ3) is 46.7. The summed E-state index contributed by atoms with van der Waals surface area (Å²) in [5.74, 6) is -0.175. The molecule has 62 heavy (non-hydrogen) atoms. The molecule has 0 aliphatic rings. The van der Waals surface area contributed by atoms with E-state index in [2.05, 4.69) is 55.6 Å². The molecule has 366 valence electrons. The third-order valence-corrected chi connectivity index (χ3v) is 12.8. The van der Waals surface area contributed by atoms with Gasteiger partial charge < -0.3 is 28.8 Å². The van der Waals surface area contributed by atoms with Crippen molar-refractivity contribution < 1.29 is 32.9 Å². The molecule has 8 nitrogen and oxygen atoms in total. The van der Waals surface area contributed by atoms with Gasteiger partial charge in [-0.15, -0.1) is 0 Å². The topological polar surface area (TPSA) is 108 Å². The molecule has 2 N–H and O–H groups in total. The first-order chi connectivity index (χ1) is 30.0. The van der Waals surface area contributed by atoms with Crippen LogP contribution in [0.15, 0.2) is 36.5 Å². The van der Waals surface area contributed by atoms with E-state index in [1.807, 2.05) is 21.1 Å². The number of phosphoric ester groups is 1. The van der Waals surface area contributed by atoms with E-state index in [1.165, 1.54) is 154 Å². The Morgan fingerprint density at radius 2 is 0.935 bits per heavy atom. The number of phosphoric acid groups is 1. The summed E-state index contributed by atoms with van der Waals surface area (Å²) in [6, 6.07) is -0.808. The Morgan fingerprint density at radius 3 is 1.35 bits per heavy atom. The monoisotopic (exact) mass is 895 g/mol. The predicted octanol–water partition coefficient (Wildman–Crippen LogP) is 14.8. The van der Waals surface area contributed by atoms with Crippen LogP contribution in [0.25, 0.3) is 0 Å². The summed E-state index contributed by atoms with van der Waals surface area (Å²) in [4.78, 5) is 25.5. The second kappa shape index (κ2) is 44.9. The van der Waals surface area contributed by atoms with Crippen molar-refractivity contribution in [3.8, 4) is 0 Å². The molecule has 0 rings (SSSR count). The van der Waals surface area contributed by atoms with Gasteiger partial charge in [0.15, 0.2) is 0 Å². The van der Waals surface area contributed by atoms with Crippen LogP contribution in [0.4, 0.5) is 0 Å². The maximum Gasteiger partial charge on any atom is 0.268 e. The van der Waals surface area contributed by atoms with Crippen molar-refractivity contribution in [3.63, 3.8) is 0 Å². The van der Waals surface area contributed by atoms with Crippen LogP contribution in [-0.2, 0) is 18.4 Å². The van der Waals surface area contributed by atoms with Gasteiger partial charge >= 0.3 is 0 Å². The highest BCUT2D eigenvalue weighted by Gasteiger charge is 2.24. The minimum absolute atomic E-state index is 0.00909. The van der Waals surface area contributed by atoms with Crippen LogP contribution in [0.1, 0.15) is 245 Å². The number of carbonyl (C=O) groups excluding carboxylic acids is 1. The second-order valence-corrected chi connectivity index (χ2v) is 20.6. The summed E-state index contributed by atoms with van der Waals surface area (Å²) in [5, 5.41) is 14.0. The molecule has 0 aliphatic heterocycles. The lowest BCUT2D eigenvalue weighted by Crippen LogP contribution is -2.46. The maximum atomic E-state index is 12.9. The highest BCUT2D eigenvalue weighted by atomic mass is 31.2. The van der Waals surface area contributed by atoms with Crippen LogP contribution < -0.4 is 10.2 Å². The van der Waals surface area contributed by atoms with E-state index in [9.17, 15) is 19.4 Å². The number of rotatable bonds is 48. The normalized spacial score (nSPS) is 14.4. The first-order valence-electron chi connectivity index (χ1n) is 26.3. The number of allylic oxidation sites excluding steroid dienone is 6. The van der Waals surface area contributed by atoms with Crippen molar-refractivity contribution >= 4 is 13.7 Å². The molecule has 0 saturated heterocycles. The molecule has 0 aromatic carbocycles. The van der Waals surface area contributed by atoms with E-state index in [0.29, 0.717) is 23.9 Å². The molecule has 0 heterocycles. The molecule has 3 unspecified atom stereocenters. The number of hydrogen-bond acceptors (Lipinski definition) is 6. The van der Waals surface area contributed by atoms with Gasteiger partial charge in [-0.05, 0) is 51.4 Å². The molecule has 0 aromatic heterocycles. The summed E-state index contributed by atoms with van der Waals surface area (Å²) in [5.41, 5.74) is 0. The summed E-state index contributed by atoms with van der Waals surface area (Å²) in [7, 11) is 1.30. The number of amides is 1. The summed E-state index contributed by atoms with van der Waals surface area (Å²) < 4.78 is 23.4. The van der Waals surface area contributed by atoms with Crippen molar-refractivity contribution in [3.05, 3.63) is 36.5 Å². The highest BCUT2D eigenvalue weighted by molar-refractivity contribution is 7.45. The fraction of sp³-hybridized carbons (Fsp3) is 0.868. The van der Waals surface area contributed by atoms with Crippen LogP contribution in [-0.4, -0.2) is 68.5 Å². The number of aliphatic hydroxyl groups excluding tert-OH is 1. The SMILES string of the molecule is CCCCCCC/C=C\C/C=C\C/C=C\CCCCCCCCC(=O)NC(COP(=O)([O-])OCC[N+](C)(C)C)C(O)CCCCCCCCCCCCCCCCCCCCC. The van der Waals surface area contributed by atoms with E-state index in [1.54, 1.807) is 0 Å². The number of unbranched alkanes of at least 4 members (excludes halogenated alkanes) is 29. The zero-order valence-electron chi connectivity index (χ0n) is 41.6. The second-order valence-electron chi connectivity index (χ2n) is 19.2. The van der Waals surface area contributed by atoms with Gasteiger partial charge in [0.25, 0.3) is 7.82 Å². The molecule has 0 spiro atoms. The fourth-order valence-corrected chi connectivity index (χ4v) is 8.42. The molecule has 0 fully saturated rings. The lowest BCUT2D eigenvalue weighted by atomic mass is 10.0. The standard InChI is InChI=1S/C53H103N2O6P/c1-6-8-10-12-14-16-18-20-22-24-26-27-29-31-33-35-37-39-41-43-45-47-53(57)54-51(50-61-62(58,59)60-49-48-55(3,4)5)52(56)46-44-42-40-38-36-34-32-30-28-25-23-21-19-17-15-13-11-9-7-2/h18,20,24,26,29,31,51-52,56H,6-17,19,21-23,25,27-28,30,32-50H2,1-5H3,(H-,54,57,58,59)/b20-18-,26-24-,31-29-. The summed E-state index contributed by atoms with van der Waals surface area (Å²) >= 11 is 0. The number of quaternary nitrogens is 1. The average Bonchev–Trinajstić information content (AvgIpc) is 3.23. The van der Waals surface area contributed by atoms with Gasteiger partial charge in [0.05, 0.1) is 39.9 Å². The van der Waals surface area contributed by atoms with Crippen LogP contribution in [0.2, 0.25) is 0 Å². The largest absolute Gasteiger partial charge is 0.756 e. The number of nitrogens with zero attached hydrogens (tertiary/aromatic N) is 1. The van der Waals surface area contributed by atoms with E-state index in [-0.39, 0.29) is 19.1 Å². The zero-order chi connectivity index (χ0) is 45.7. The predicted molar refractivity (Wildman–Crippen MR) is 265 cm³/mol. The molecule has 9 heteroatoms. The average molecular weight is 895 g/mol. The van der Waals surface area contributed by atoms with Gasteiger partial charge in [-0.3, -0.25) is 9.36 Å². The van der Waals surface area contributed by atoms with Crippen molar-refractivity contribution in [2.75, 3.05) is 40.9 Å². The molecular formula is C53H103N2O6P. The molecule has 1 amide bonds. The summed E-state index contributed by atoms with van der Waals surface area (Å²) in [6.45, 7) is 4.72. The third-order valence-electron chi connectivity index (χ3n) is 11.9. The molecule has 0 saturated carbocycles.